The van der Waals surface area contributed by atoms with Crippen LogP contribution in [0.25, 0.3) is 11.4 Å². The minimum atomic E-state index is -0.833. The van der Waals surface area contributed by atoms with E-state index >= 15 is 0 Å². The minimum Gasteiger partial charge on any atom is -0.481 e. The highest BCUT2D eigenvalue weighted by Gasteiger charge is 2.16. The van der Waals surface area contributed by atoms with Crippen molar-refractivity contribution in [2.24, 2.45) is 5.92 Å². The summed E-state index contributed by atoms with van der Waals surface area (Å²) in [6.07, 6.45) is 0.0703. The summed E-state index contributed by atoms with van der Waals surface area (Å²) in [6, 6.07) is 5.64. The number of tetrazole rings is 1. The quantitative estimate of drug-likeness (QED) is 0.916. The van der Waals surface area contributed by atoms with Gasteiger partial charge < -0.3 is 5.11 Å². The molecule has 0 radical (unpaired) electrons. The van der Waals surface area contributed by atoms with Crippen LogP contribution >= 0.6 is 11.6 Å². The smallest absolute Gasteiger partial charge is 0.303 e. The summed E-state index contributed by atoms with van der Waals surface area (Å²) < 4.78 is 1.59. The van der Waals surface area contributed by atoms with Crippen molar-refractivity contribution in [1.29, 1.82) is 0 Å². The molecule has 0 saturated heterocycles. The first kappa shape index (κ1) is 14.5. The van der Waals surface area contributed by atoms with E-state index in [0.717, 1.165) is 11.1 Å². The Morgan fingerprint density at radius 3 is 2.95 bits per heavy atom. The standard InChI is InChI=1S/C13H15ClN4O2/c1-8(6-11(19)20)7-18-13(15-16-17-18)10-5-3-4-9(2)12(10)14/h3-5,8H,6-7H2,1-2H3,(H,19,20). The van der Waals surface area contributed by atoms with Gasteiger partial charge in [-0.25, -0.2) is 4.68 Å². The summed E-state index contributed by atoms with van der Waals surface area (Å²) in [5, 5.41) is 21.0. The van der Waals surface area contributed by atoms with Crippen LogP contribution in [0.4, 0.5) is 0 Å². The van der Waals surface area contributed by atoms with Crippen LogP contribution in [0.15, 0.2) is 18.2 Å². The van der Waals surface area contributed by atoms with E-state index in [1.807, 2.05) is 32.0 Å². The Balaban J connectivity index is 2.29. The van der Waals surface area contributed by atoms with Crippen molar-refractivity contribution in [2.45, 2.75) is 26.8 Å². The number of hydrogen-bond acceptors (Lipinski definition) is 4. The monoisotopic (exact) mass is 294 g/mol. The molecule has 0 aliphatic rings. The summed E-state index contributed by atoms with van der Waals surface area (Å²) in [6.45, 7) is 4.18. The van der Waals surface area contributed by atoms with Crippen LogP contribution in [0.5, 0.6) is 0 Å². The van der Waals surface area contributed by atoms with Crippen molar-refractivity contribution in [2.75, 3.05) is 0 Å². The fraction of sp³-hybridized carbons (Fsp3) is 0.385. The highest BCUT2D eigenvalue weighted by atomic mass is 35.5. The predicted octanol–water partition coefficient (Wildman–Crippen LogP) is 2.41. The van der Waals surface area contributed by atoms with E-state index in [9.17, 15) is 4.79 Å². The van der Waals surface area contributed by atoms with Crippen LogP contribution < -0.4 is 0 Å². The number of rotatable bonds is 5. The molecule has 6 nitrogen and oxygen atoms in total. The van der Waals surface area contributed by atoms with Crippen LogP contribution in [0.2, 0.25) is 5.02 Å². The van der Waals surface area contributed by atoms with Gasteiger partial charge in [-0.3, -0.25) is 4.79 Å². The van der Waals surface area contributed by atoms with E-state index in [2.05, 4.69) is 15.5 Å². The van der Waals surface area contributed by atoms with Crippen molar-refractivity contribution < 1.29 is 9.90 Å². The number of halogens is 1. The Morgan fingerprint density at radius 1 is 1.50 bits per heavy atom. The number of aryl methyl sites for hydroxylation is 1. The van der Waals surface area contributed by atoms with E-state index in [1.165, 1.54) is 0 Å². The van der Waals surface area contributed by atoms with Gasteiger partial charge in [0.2, 0.25) is 0 Å². The Bertz CT molecular complexity index is 627. The molecule has 1 aromatic carbocycles. The molecule has 0 saturated carbocycles. The van der Waals surface area contributed by atoms with Gasteiger partial charge in [-0.05, 0) is 34.9 Å². The maximum Gasteiger partial charge on any atom is 0.303 e. The Hall–Kier alpha value is -1.95. The fourth-order valence-corrected chi connectivity index (χ4v) is 2.21. The van der Waals surface area contributed by atoms with Gasteiger partial charge in [0.1, 0.15) is 0 Å². The number of nitrogens with zero attached hydrogens (tertiary/aromatic N) is 4. The molecule has 1 aromatic heterocycles. The number of carboxylic acids is 1. The molecule has 7 heteroatoms. The Morgan fingerprint density at radius 2 is 2.25 bits per heavy atom. The topological polar surface area (TPSA) is 80.9 Å². The Kier molecular flexibility index (Phi) is 4.34. The predicted molar refractivity (Wildman–Crippen MR) is 74.4 cm³/mol. The lowest BCUT2D eigenvalue weighted by Crippen LogP contribution is -2.14. The average Bonchev–Trinajstić information content (AvgIpc) is 2.79. The van der Waals surface area contributed by atoms with Gasteiger partial charge in [0, 0.05) is 18.5 Å². The first-order valence-corrected chi connectivity index (χ1v) is 6.60. The fourth-order valence-electron chi connectivity index (χ4n) is 2.00. The summed E-state index contributed by atoms with van der Waals surface area (Å²) in [5.41, 5.74) is 1.69. The van der Waals surface area contributed by atoms with Gasteiger partial charge in [0.15, 0.2) is 5.82 Å². The summed E-state index contributed by atoms with van der Waals surface area (Å²) in [5.74, 6) is -0.352. The van der Waals surface area contributed by atoms with E-state index < -0.39 is 5.97 Å². The maximum atomic E-state index is 10.7. The van der Waals surface area contributed by atoms with Crippen molar-refractivity contribution in [3.63, 3.8) is 0 Å². The molecule has 1 N–H and O–H groups in total. The average molecular weight is 295 g/mol. The van der Waals surface area contributed by atoms with E-state index in [0.29, 0.717) is 17.4 Å². The maximum absolute atomic E-state index is 10.7. The summed E-state index contributed by atoms with van der Waals surface area (Å²) in [4.78, 5) is 10.7. The molecule has 0 spiro atoms. The molecule has 0 aliphatic heterocycles. The highest BCUT2D eigenvalue weighted by molar-refractivity contribution is 6.33. The minimum absolute atomic E-state index is 0.0703. The second-order valence-electron chi connectivity index (χ2n) is 4.82. The van der Waals surface area contributed by atoms with E-state index in [-0.39, 0.29) is 12.3 Å². The Labute approximate surface area is 121 Å². The SMILES string of the molecule is Cc1cccc(-c2nnnn2CC(C)CC(=O)O)c1Cl. The lowest BCUT2D eigenvalue weighted by atomic mass is 10.1. The van der Waals surface area contributed by atoms with Gasteiger partial charge in [0.05, 0.1) is 5.02 Å². The second-order valence-corrected chi connectivity index (χ2v) is 5.20. The molecule has 2 aromatic rings. The van der Waals surface area contributed by atoms with Crippen molar-refractivity contribution >= 4 is 17.6 Å². The normalized spacial score (nSPS) is 12.3. The number of aromatic nitrogens is 4. The molecule has 1 heterocycles. The van der Waals surface area contributed by atoms with Crippen molar-refractivity contribution in [1.82, 2.24) is 20.2 Å². The number of hydrogen-bond donors (Lipinski definition) is 1. The number of benzene rings is 1. The zero-order valence-electron chi connectivity index (χ0n) is 11.2. The molecule has 1 unspecified atom stereocenters. The lowest BCUT2D eigenvalue weighted by Gasteiger charge is -2.11. The second kappa shape index (κ2) is 6.00. The molecular formula is C13H15ClN4O2. The highest BCUT2D eigenvalue weighted by Crippen LogP contribution is 2.28. The van der Waals surface area contributed by atoms with Crippen molar-refractivity contribution in [3.05, 3.63) is 28.8 Å². The molecule has 0 amide bonds. The molecule has 0 aliphatic carbocycles. The molecule has 1 atom stereocenters. The van der Waals surface area contributed by atoms with Gasteiger partial charge >= 0.3 is 5.97 Å². The van der Waals surface area contributed by atoms with Crippen LogP contribution in [0, 0.1) is 12.8 Å². The van der Waals surface area contributed by atoms with Gasteiger partial charge in [-0.1, -0.05) is 30.7 Å². The number of aliphatic carboxylic acids is 1. The first-order valence-electron chi connectivity index (χ1n) is 6.22. The number of carboxylic acid groups (broad SMARTS) is 1. The largest absolute Gasteiger partial charge is 0.481 e. The van der Waals surface area contributed by atoms with Crippen LogP contribution in [0.1, 0.15) is 18.9 Å². The first-order chi connectivity index (χ1) is 9.49. The molecule has 0 fully saturated rings. The molecular weight excluding hydrogens is 280 g/mol. The third-order valence-corrected chi connectivity index (χ3v) is 3.47. The van der Waals surface area contributed by atoms with Crippen LogP contribution in [-0.2, 0) is 11.3 Å². The van der Waals surface area contributed by atoms with Crippen molar-refractivity contribution in [3.8, 4) is 11.4 Å². The van der Waals surface area contributed by atoms with Gasteiger partial charge in [0.25, 0.3) is 0 Å². The molecule has 106 valence electrons. The third-order valence-electron chi connectivity index (χ3n) is 2.97. The molecule has 0 bridgehead atoms. The van der Waals surface area contributed by atoms with Gasteiger partial charge in [-0.15, -0.1) is 5.10 Å². The van der Waals surface area contributed by atoms with E-state index in [1.54, 1.807) is 4.68 Å². The van der Waals surface area contributed by atoms with Crippen LogP contribution in [0.3, 0.4) is 0 Å². The van der Waals surface area contributed by atoms with Gasteiger partial charge in [-0.2, -0.15) is 0 Å². The molecule has 20 heavy (non-hydrogen) atoms. The van der Waals surface area contributed by atoms with E-state index in [4.69, 9.17) is 16.7 Å². The number of carbonyl (C=O) groups is 1. The van der Waals surface area contributed by atoms with Crippen LogP contribution in [-0.4, -0.2) is 31.3 Å². The zero-order chi connectivity index (χ0) is 14.7. The summed E-state index contributed by atoms with van der Waals surface area (Å²) >= 11 is 6.27. The summed E-state index contributed by atoms with van der Waals surface area (Å²) in [7, 11) is 0. The lowest BCUT2D eigenvalue weighted by molar-refractivity contribution is -0.138. The third kappa shape index (κ3) is 3.14. The molecule has 2 rings (SSSR count). The zero-order valence-corrected chi connectivity index (χ0v) is 12.0.